The lowest BCUT2D eigenvalue weighted by Crippen LogP contribution is -2.26. The minimum Gasteiger partial charge on any atom is -0.507 e. The van der Waals surface area contributed by atoms with E-state index in [9.17, 15) is 15.0 Å². The number of fused-ring (bicyclic) bond motifs is 1. The van der Waals surface area contributed by atoms with E-state index >= 15 is 0 Å². The Morgan fingerprint density at radius 2 is 2.18 bits per heavy atom. The van der Waals surface area contributed by atoms with Crippen LogP contribution in [0.2, 0.25) is 0 Å². The van der Waals surface area contributed by atoms with E-state index in [4.69, 9.17) is 11.6 Å². The highest BCUT2D eigenvalue weighted by molar-refractivity contribution is 6.23. The van der Waals surface area contributed by atoms with Gasteiger partial charge in [-0.1, -0.05) is 0 Å². The van der Waals surface area contributed by atoms with Gasteiger partial charge in [-0.25, -0.2) is 4.79 Å². The number of methoxy groups -OCH3 is 1. The van der Waals surface area contributed by atoms with E-state index in [-0.39, 0.29) is 17.4 Å². The molecular formula is C11H12ClNO4. The predicted octanol–water partition coefficient (Wildman–Crippen LogP) is 1.44. The summed E-state index contributed by atoms with van der Waals surface area (Å²) in [6.07, 6.45) is 3.02. The van der Waals surface area contributed by atoms with Gasteiger partial charge >= 0.3 is 5.97 Å². The zero-order chi connectivity index (χ0) is 12.7. The molecule has 17 heavy (non-hydrogen) atoms. The first kappa shape index (κ1) is 11.9. The van der Waals surface area contributed by atoms with Crippen molar-refractivity contribution >= 4 is 17.6 Å². The Morgan fingerprint density at radius 1 is 1.53 bits per heavy atom. The van der Waals surface area contributed by atoms with Gasteiger partial charge in [0.2, 0.25) is 0 Å². The molecular weight excluding hydrogens is 246 g/mol. The quantitative estimate of drug-likeness (QED) is 0.549. The van der Waals surface area contributed by atoms with Crippen molar-refractivity contribution in [3.63, 3.8) is 0 Å². The third kappa shape index (κ3) is 1.67. The lowest BCUT2D eigenvalue weighted by atomic mass is 9.95. The van der Waals surface area contributed by atoms with Gasteiger partial charge in [0.1, 0.15) is 11.1 Å². The topological polar surface area (TPSA) is 70.0 Å². The van der Waals surface area contributed by atoms with Crippen molar-refractivity contribution in [3.8, 4) is 0 Å². The standard InChI is InChI=1S/C11H12ClNO4/c1-13-6-4-8(14)10(15)9(12)5(6)3-7(13)11(16)17-2/h3-5,9,14-15H,1-2H3. The van der Waals surface area contributed by atoms with E-state index in [0.717, 1.165) is 0 Å². The maximum Gasteiger partial charge on any atom is 0.354 e. The number of allylic oxidation sites excluding steroid dienone is 3. The number of esters is 1. The number of rotatable bonds is 1. The first-order chi connectivity index (χ1) is 7.97. The summed E-state index contributed by atoms with van der Waals surface area (Å²) >= 11 is 6.01. The molecule has 2 unspecified atom stereocenters. The third-order valence-corrected chi connectivity index (χ3v) is 3.42. The van der Waals surface area contributed by atoms with Gasteiger partial charge < -0.3 is 19.8 Å². The molecule has 0 fully saturated rings. The molecule has 0 amide bonds. The van der Waals surface area contributed by atoms with Crippen LogP contribution in [0.25, 0.3) is 0 Å². The van der Waals surface area contributed by atoms with Gasteiger partial charge in [-0.2, -0.15) is 0 Å². The molecule has 0 aromatic carbocycles. The van der Waals surface area contributed by atoms with E-state index < -0.39 is 11.3 Å². The van der Waals surface area contributed by atoms with Crippen LogP contribution in [-0.4, -0.2) is 40.6 Å². The van der Waals surface area contributed by atoms with E-state index in [0.29, 0.717) is 11.4 Å². The molecule has 1 aliphatic heterocycles. The molecule has 0 spiro atoms. The number of hydrogen-bond acceptors (Lipinski definition) is 5. The summed E-state index contributed by atoms with van der Waals surface area (Å²) in [5.41, 5.74) is 0.998. The largest absolute Gasteiger partial charge is 0.507 e. The van der Waals surface area contributed by atoms with Gasteiger partial charge in [0, 0.05) is 24.7 Å². The van der Waals surface area contributed by atoms with Crippen LogP contribution in [0.5, 0.6) is 0 Å². The molecule has 92 valence electrons. The summed E-state index contributed by atoms with van der Waals surface area (Å²) in [5, 5.41) is 18.3. The Morgan fingerprint density at radius 3 is 2.76 bits per heavy atom. The van der Waals surface area contributed by atoms with Gasteiger partial charge in [-0.15, -0.1) is 11.6 Å². The lowest BCUT2D eigenvalue weighted by molar-refractivity contribution is -0.137. The summed E-state index contributed by atoms with van der Waals surface area (Å²) in [6, 6.07) is 0. The van der Waals surface area contributed by atoms with Crippen molar-refractivity contribution in [2.45, 2.75) is 5.38 Å². The molecule has 1 aliphatic carbocycles. The second-order valence-electron chi connectivity index (χ2n) is 3.87. The van der Waals surface area contributed by atoms with Gasteiger partial charge in [0.25, 0.3) is 0 Å². The van der Waals surface area contributed by atoms with Gasteiger partial charge in [-0.05, 0) is 6.08 Å². The Bertz CT molecular complexity index is 466. The highest BCUT2D eigenvalue weighted by Crippen LogP contribution is 2.40. The van der Waals surface area contributed by atoms with Gasteiger partial charge in [0.05, 0.1) is 7.11 Å². The zero-order valence-corrected chi connectivity index (χ0v) is 10.1. The Hall–Kier alpha value is -1.62. The number of nitrogens with zero attached hydrogens (tertiary/aromatic N) is 1. The molecule has 6 heteroatoms. The van der Waals surface area contributed by atoms with Crippen LogP contribution in [-0.2, 0) is 9.53 Å². The molecule has 0 saturated carbocycles. The normalized spacial score (nSPS) is 27.6. The fourth-order valence-corrected chi connectivity index (χ4v) is 2.31. The molecule has 0 radical (unpaired) electrons. The molecule has 2 aliphatic rings. The maximum atomic E-state index is 11.5. The van der Waals surface area contributed by atoms with E-state index in [1.165, 1.54) is 13.2 Å². The summed E-state index contributed by atoms with van der Waals surface area (Å²) in [7, 11) is 2.96. The van der Waals surface area contributed by atoms with Crippen molar-refractivity contribution in [2.75, 3.05) is 14.2 Å². The second kappa shape index (κ2) is 4.00. The van der Waals surface area contributed by atoms with Crippen molar-refractivity contribution in [3.05, 3.63) is 35.1 Å². The molecule has 0 aromatic rings. The smallest absolute Gasteiger partial charge is 0.354 e. The number of aliphatic hydroxyl groups is 2. The monoisotopic (exact) mass is 257 g/mol. The minimum atomic E-state index is -0.778. The van der Waals surface area contributed by atoms with Crippen LogP contribution >= 0.6 is 11.6 Å². The van der Waals surface area contributed by atoms with E-state index in [2.05, 4.69) is 4.74 Å². The molecule has 1 heterocycles. The number of ether oxygens (including phenoxy) is 1. The molecule has 0 saturated heterocycles. The zero-order valence-electron chi connectivity index (χ0n) is 9.35. The first-order valence-electron chi connectivity index (χ1n) is 4.99. The van der Waals surface area contributed by atoms with Crippen LogP contribution < -0.4 is 0 Å². The Balaban J connectivity index is 2.41. The Labute approximate surface area is 103 Å². The summed E-state index contributed by atoms with van der Waals surface area (Å²) in [5.74, 6) is -1.38. The summed E-state index contributed by atoms with van der Waals surface area (Å²) in [4.78, 5) is 13.1. The maximum absolute atomic E-state index is 11.5. The molecule has 0 bridgehead atoms. The number of aliphatic hydroxyl groups excluding tert-OH is 2. The number of halogens is 1. The fourth-order valence-electron chi connectivity index (χ4n) is 1.99. The predicted molar refractivity (Wildman–Crippen MR) is 61.4 cm³/mol. The average molecular weight is 258 g/mol. The van der Waals surface area contributed by atoms with Crippen LogP contribution in [0.15, 0.2) is 35.1 Å². The van der Waals surface area contributed by atoms with Gasteiger partial charge in [0.15, 0.2) is 11.5 Å². The van der Waals surface area contributed by atoms with Crippen LogP contribution in [0.4, 0.5) is 0 Å². The van der Waals surface area contributed by atoms with E-state index in [1.54, 1.807) is 18.0 Å². The van der Waals surface area contributed by atoms with Crippen LogP contribution in [0.3, 0.4) is 0 Å². The fraction of sp³-hybridized carbons (Fsp3) is 0.364. The van der Waals surface area contributed by atoms with E-state index in [1.807, 2.05) is 0 Å². The SMILES string of the molecule is COC(=O)C1=CC2C(=CC(O)=C(O)C2Cl)N1C. The molecule has 2 rings (SSSR count). The van der Waals surface area contributed by atoms with Crippen LogP contribution in [0, 0.1) is 5.92 Å². The minimum absolute atomic E-state index is 0.275. The summed E-state index contributed by atoms with van der Waals surface area (Å²) in [6.45, 7) is 0. The lowest BCUT2D eigenvalue weighted by Gasteiger charge is -2.26. The number of alkyl halides is 1. The molecule has 0 aromatic heterocycles. The number of carbonyl (C=O) groups is 1. The second-order valence-corrected chi connectivity index (χ2v) is 4.34. The number of likely N-dealkylation sites (N-methyl/N-ethyl adjacent to an activating group) is 1. The average Bonchev–Trinajstić information content (AvgIpc) is 2.64. The molecule has 2 atom stereocenters. The summed E-state index contributed by atoms with van der Waals surface area (Å²) < 4.78 is 4.64. The van der Waals surface area contributed by atoms with Crippen molar-refractivity contribution in [1.82, 2.24) is 4.90 Å². The van der Waals surface area contributed by atoms with Crippen LogP contribution in [0.1, 0.15) is 0 Å². The number of hydrogen-bond donors (Lipinski definition) is 2. The van der Waals surface area contributed by atoms with Crippen molar-refractivity contribution in [1.29, 1.82) is 0 Å². The third-order valence-electron chi connectivity index (χ3n) is 2.95. The van der Waals surface area contributed by atoms with Crippen molar-refractivity contribution < 1.29 is 19.7 Å². The highest BCUT2D eigenvalue weighted by Gasteiger charge is 2.40. The first-order valence-corrected chi connectivity index (χ1v) is 5.42. The van der Waals surface area contributed by atoms with Crippen molar-refractivity contribution in [2.24, 2.45) is 5.92 Å². The highest BCUT2D eigenvalue weighted by atomic mass is 35.5. The van der Waals surface area contributed by atoms with Gasteiger partial charge in [-0.3, -0.25) is 0 Å². The Kier molecular flexibility index (Phi) is 2.79. The molecule has 5 nitrogen and oxygen atoms in total. The number of carbonyl (C=O) groups excluding carboxylic acids is 1. The molecule has 2 N–H and O–H groups in total.